The third-order valence-corrected chi connectivity index (χ3v) is 3.53. The van der Waals surface area contributed by atoms with Crippen LogP contribution >= 0.6 is 27.5 Å². The molecule has 3 nitrogen and oxygen atoms in total. The lowest BCUT2D eigenvalue weighted by Gasteiger charge is -2.17. The van der Waals surface area contributed by atoms with Crippen LogP contribution in [0.5, 0.6) is 0 Å². The lowest BCUT2D eigenvalue weighted by molar-refractivity contribution is -0.138. The van der Waals surface area contributed by atoms with Crippen LogP contribution in [-0.4, -0.2) is 11.1 Å². The number of hydrogen-bond acceptors (Lipinski definition) is 2. The van der Waals surface area contributed by atoms with Crippen molar-refractivity contribution in [1.82, 2.24) is 0 Å². The van der Waals surface area contributed by atoms with Gasteiger partial charge in [-0.25, -0.2) is 4.79 Å². The van der Waals surface area contributed by atoms with Crippen molar-refractivity contribution in [3.63, 3.8) is 0 Å². The molecule has 0 aliphatic heterocycles. The molecular weight excluding hydrogens is 330 g/mol. The van der Waals surface area contributed by atoms with E-state index in [9.17, 15) is 9.90 Å². The number of nitrogens with one attached hydrogen (secondary N) is 1. The number of carbonyl (C=O) groups is 1. The van der Waals surface area contributed by atoms with Crippen molar-refractivity contribution in [3.05, 3.63) is 63.6 Å². The molecule has 2 aromatic carbocycles. The minimum Gasteiger partial charge on any atom is -0.479 e. The lowest BCUT2D eigenvalue weighted by atomic mass is 10.1. The highest BCUT2D eigenvalue weighted by atomic mass is 79.9. The second-order valence-corrected chi connectivity index (χ2v) is 5.24. The molecule has 0 aliphatic carbocycles. The van der Waals surface area contributed by atoms with E-state index in [1.807, 2.05) is 30.3 Å². The fourth-order valence-electron chi connectivity index (χ4n) is 1.71. The van der Waals surface area contributed by atoms with Crippen molar-refractivity contribution in [3.8, 4) is 0 Å². The standard InChI is InChI=1S/C14H11BrClNO2/c15-12-8-9(16)6-7-11(12)13(14(18)19)17-10-4-2-1-3-5-10/h1-8,13,17H,(H,18,19). The van der Waals surface area contributed by atoms with E-state index in [0.29, 0.717) is 15.1 Å². The third-order valence-electron chi connectivity index (χ3n) is 2.61. The van der Waals surface area contributed by atoms with E-state index >= 15 is 0 Å². The number of aliphatic carboxylic acids is 1. The Kier molecular flexibility index (Phi) is 4.45. The number of para-hydroxylation sites is 1. The Balaban J connectivity index is 2.33. The predicted molar refractivity (Wildman–Crippen MR) is 79.6 cm³/mol. The van der Waals surface area contributed by atoms with Gasteiger partial charge in [-0.3, -0.25) is 0 Å². The van der Waals surface area contributed by atoms with Crippen molar-refractivity contribution in [2.75, 3.05) is 5.32 Å². The highest BCUT2D eigenvalue weighted by Gasteiger charge is 2.22. The summed E-state index contributed by atoms with van der Waals surface area (Å²) in [6, 6.07) is 13.4. The Bertz CT molecular complexity index is 589. The Labute approximate surface area is 124 Å². The number of hydrogen-bond donors (Lipinski definition) is 2. The molecule has 0 heterocycles. The van der Waals surface area contributed by atoms with Gasteiger partial charge in [-0.15, -0.1) is 0 Å². The molecule has 0 saturated carbocycles. The predicted octanol–water partition coefficient (Wildman–Crippen LogP) is 4.34. The Morgan fingerprint density at radius 3 is 2.47 bits per heavy atom. The summed E-state index contributed by atoms with van der Waals surface area (Å²) < 4.78 is 0.663. The molecule has 0 saturated heterocycles. The molecule has 1 atom stereocenters. The van der Waals surface area contributed by atoms with Crippen molar-refractivity contribution in [2.24, 2.45) is 0 Å². The summed E-state index contributed by atoms with van der Waals surface area (Å²) in [7, 11) is 0. The van der Waals surface area contributed by atoms with Gasteiger partial charge < -0.3 is 10.4 Å². The van der Waals surface area contributed by atoms with Crippen LogP contribution in [0.2, 0.25) is 5.02 Å². The molecule has 1 unspecified atom stereocenters. The quantitative estimate of drug-likeness (QED) is 0.870. The molecule has 0 aromatic heterocycles. The Morgan fingerprint density at radius 2 is 1.89 bits per heavy atom. The fourth-order valence-corrected chi connectivity index (χ4v) is 2.62. The number of rotatable bonds is 4. The maximum absolute atomic E-state index is 11.4. The minimum absolute atomic E-state index is 0.555. The van der Waals surface area contributed by atoms with Crippen LogP contribution in [0.1, 0.15) is 11.6 Å². The topological polar surface area (TPSA) is 49.3 Å². The van der Waals surface area contributed by atoms with Crippen molar-refractivity contribution in [1.29, 1.82) is 0 Å². The summed E-state index contributed by atoms with van der Waals surface area (Å²) in [6.45, 7) is 0. The summed E-state index contributed by atoms with van der Waals surface area (Å²) in [6.07, 6.45) is 0. The van der Waals surface area contributed by atoms with Gasteiger partial charge in [0.1, 0.15) is 0 Å². The molecule has 2 N–H and O–H groups in total. The van der Waals surface area contributed by atoms with Gasteiger partial charge in [0.15, 0.2) is 6.04 Å². The first kappa shape index (κ1) is 13.9. The molecule has 0 fully saturated rings. The van der Waals surface area contributed by atoms with E-state index < -0.39 is 12.0 Å². The summed E-state index contributed by atoms with van der Waals surface area (Å²) in [5, 5.41) is 12.9. The van der Waals surface area contributed by atoms with Crippen LogP contribution in [0.25, 0.3) is 0 Å². The SMILES string of the molecule is O=C(O)C(Nc1ccccc1)c1ccc(Cl)cc1Br. The van der Waals surface area contributed by atoms with Gasteiger partial charge >= 0.3 is 5.97 Å². The lowest BCUT2D eigenvalue weighted by Crippen LogP contribution is -2.20. The molecule has 5 heteroatoms. The molecular formula is C14H11BrClNO2. The van der Waals surface area contributed by atoms with Crippen LogP contribution in [0.3, 0.4) is 0 Å². The van der Waals surface area contributed by atoms with E-state index in [0.717, 1.165) is 5.69 Å². The normalized spacial score (nSPS) is 11.9. The molecule has 0 aliphatic rings. The smallest absolute Gasteiger partial charge is 0.330 e. The maximum Gasteiger partial charge on any atom is 0.330 e. The van der Waals surface area contributed by atoms with E-state index in [-0.39, 0.29) is 0 Å². The number of carboxylic acids is 1. The first-order valence-corrected chi connectivity index (χ1v) is 6.74. The first-order valence-electron chi connectivity index (χ1n) is 5.57. The van der Waals surface area contributed by atoms with E-state index in [4.69, 9.17) is 11.6 Å². The van der Waals surface area contributed by atoms with Gasteiger partial charge in [-0.05, 0) is 29.8 Å². The largest absolute Gasteiger partial charge is 0.479 e. The van der Waals surface area contributed by atoms with Gasteiger partial charge in [0, 0.05) is 15.2 Å². The van der Waals surface area contributed by atoms with Gasteiger partial charge in [-0.2, -0.15) is 0 Å². The van der Waals surface area contributed by atoms with E-state index in [1.165, 1.54) is 0 Å². The molecule has 2 rings (SSSR count). The maximum atomic E-state index is 11.4. The van der Waals surface area contributed by atoms with E-state index in [1.54, 1.807) is 18.2 Å². The summed E-state index contributed by atoms with van der Waals surface area (Å²) in [4.78, 5) is 11.4. The average molecular weight is 341 g/mol. The Morgan fingerprint density at radius 1 is 1.21 bits per heavy atom. The number of carboxylic acid groups (broad SMARTS) is 1. The average Bonchev–Trinajstić information content (AvgIpc) is 2.38. The molecule has 0 spiro atoms. The van der Waals surface area contributed by atoms with Gasteiger partial charge in [-0.1, -0.05) is 51.8 Å². The molecule has 19 heavy (non-hydrogen) atoms. The number of anilines is 1. The first-order chi connectivity index (χ1) is 9.08. The van der Waals surface area contributed by atoms with Gasteiger partial charge in [0.25, 0.3) is 0 Å². The summed E-state index contributed by atoms with van der Waals surface area (Å²) >= 11 is 9.21. The highest BCUT2D eigenvalue weighted by molar-refractivity contribution is 9.10. The van der Waals surface area contributed by atoms with Crippen LogP contribution in [0, 0.1) is 0 Å². The Hall–Kier alpha value is -1.52. The molecule has 98 valence electrons. The number of halogens is 2. The van der Waals surface area contributed by atoms with Crippen LogP contribution in [0.15, 0.2) is 53.0 Å². The second kappa shape index (κ2) is 6.08. The second-order valence-electron chi connectivity index (χ2n) is 3.95. The summed E-state index contributed by atoms with van der Waals surface area (Å²) in [5.74, 6) is -0.952. The molecule has 0 amide bonds. The molecule has 0 bridgehead atoms. The van der Waals surface area contributed by atoms with Crippen molar-refractivity contribution >= 4 is 39.2 Å². The molecule has 0 radical (unpaired) electrons. The zero-order valence-electron chi connectivity index (χ0n) is 9.81. The number of benzene rings is 2. The van der Waals surface area contributed by atoms with Crippen LogP contribution < -0.4 is 5.32 Å². The van der Waals surface area contributed by atoms with Crippen LogP contribution in [-0.2, 0) is 4.79 Å². The molecule has 2 aromatic rings. The van der Waals surface area contributed by atoms with Gasteiger partial charge in [0.2, 0.25) is 0 Å². The fraction of sp³-hybridized carbons (Fsp3) is 0.0714. The highest BCUT2D eigenvalue weighted by Crippen LogP contribution is 2.29. The van der Waals surface area contributed by atoms with E-state index in [2.05, 4.69) is 21.2 Å². The zero-order chi connectivity index (χ0) is 13.8. The monoisotopic (exact) mass is 339 g/mol. The van der Waals surface area contributed by atoms with Crippen LogP contribution in [0.4, 0.5) is 5.69 Å². The van der Waals surface area contributed by atoms with Crippen molar-refractivity contribution in [2.45, 2.75) is 6.04 Å². The van der Waals surface area contributed by atoms with Crippen molar-refractivity contribution < 1.29 is 9.90 Å². The van der Waals surface area contributed by atoms with Gasteiger partial charge in [0.05, 0.1) is 0 Å². The summed E-state index contributed by atoms with van der Waals surface area (Å²) in [5.41, 5.74) is 1.37. The third kappa shape index (κ3) is 3.49. The minimum atomic E-state index is -0.952. The zero-order valence-corrected chi connectivity index (χ0v) is 12.1.